The molecule has 0 amide bonds. The van der Waals surface area contributed by atoms with Crippen LogP contribution in [-0.4, -0.2) is 31.3 Å². The molecule has 2 fully saturated rings. The Bertz CT molecular complexity index is 614. The molecule has 0 spiro atoms. The molecule has 0 unspecified atom stereocenters. The normalized spacial score (nSPS) is 36.8. The first-order chi connectivity index (χ1) is 10.8. The van der Waals surface area contributed by atoms with Crippen molar-refractivity contribution in [2.75, 3.05) is 20.4 Å². The summed E-state index contributed by atoms with van der Waals surface area (Å²) in [6.07, 6.45) is 8.15. The van der Waals surface area contributed by atoms with Crippen LogP contribution in [0.4, 0.5) is 0 Å². The van der Waals surface area contributed by atoms with Crippen molar-refractivity contribution in [1.29, 1.82) is 0 Å². The third-order valence-electron chi connectivity index (χ3n) is 6.85. The van der Waals surface area contributed by atoms with Gasteiger partial charge in [0.05, 0.1) is 6.61 Å². The number of ether oxygens (including phenoxy) is 2. The number of benzene rings is 1. The second kappa shape index (κ2) is 4.72. The average Bonchev–Trinajstić information content (AvgIpc) is 2.57. The van der Waals surface area contributed by atoms with E-state index in [0.29, 0.717) is 18.8 Å². The van der Waals surface area contributed by atoms with Gasteiger partial charge in [0, 0.05) is 17.0 Å². The Kier molecular flexibility index (Phi) is 2.87. The molecule has 1 saturated carbocycles. The number of likely N-dealkylation sites (tertiary alicyclic amines) is 1. The summed E-state index contributed by atoms with van der Waals surface area (Å²) < 4.78 is 11.3. The van der Waals surface area contributed by atoms with E-state index in [0.717, 1.165) is 17.7 Å². The van der Waals surface area contributed by atoms with Crippen molar-refractivity contribution in [1.82, 2.24) is 4.90 Å². The van der Waals surface area contributed by atoms with Crippen molar-refractivity contribution in [3.63, 3.8) is 0 Å². The van der Waals surface area contributed by atoms with Gasteiger partial charge in [-0.25, -0.2) is 0 Å². The van der Waals surface area contributed by atoms with Gasteiger partial charge in [0.1, 0.15) is 5.75 Å². The average molecular weight is 299 g/mol. The van der Waals surface area contributed by atoms with E-state index in [1.165, 1.54) is 50.6 Å². The quantitative estimate of drug-likeness (QED) is 0.734. The highest BCUT2D eigenvalue weighted by molar-refractivity contribution is 5.50. The molecule has 1 saturated heterocycles. The first-order valence-corrected chi connectivity index (χ1v) is 8.85. The maximum Gasteiger partial charge on any atom is 0.189 e. The van der Waals surface area contributed by atoms with Crippen LogP contribution in [0.3, 0.4) is 0 Å². The topological polar surface area (TPSA) is 21.7 Å². The van der Waals surface area contributed by atoms with Crippen LogP contribution in [0.1, 0.15) is 48.8 Å². The third-order valence-corrected chi connectivity index (χ3v) is 6.85. The molecule has 2 bridgehead atoms. The van der Waals surface area contributed by atoms with Crippen molar-refractivity contribution in [2.24, 2.45) is 5.92 Å². The predicted molar refractivity (Wildman–Crippen MR) is 85.1 cm³/mol. The molecular weight excluding hydrogens is 274 g/mol. The molecule has 1 aromatic carbocycles. The number of rotatable bonds is 0. The van der Waals surface area contributed by atoms with Crippen LogP contribution in [0, 0.1) is 5.92 Å². The first-order valence-electron chi connectivity index (χ1n) is 8.85. The minimum atomic E-state index is 0.410. The first kappa shape index (κ1) is 13.4. The van der Waals surface area contributed by atoms with Gasteiger partial charge in [-0.05, 0) is 68.5 Å². The predicted octanol–water partition coefficient (Wildman–Crippen LogP) is 3.24. The smallest absolute Gasteiger partial charge is 0.189 e. The summed E-state index contributed by atoms with van der Waals surface area (Å²) in [7, 11) is 2.33. The minimum Gasteiger partial charge on any atom is -0.467 e. The second-order valence-electron chi connectivity index (χ2n) is 7.74. The highest BCUT2D eigenvalue weighted by atomic mass is 16.7. The Hall–Kier alpha value is -1.06. The van der Waals surface area contributed by atoms with E-state index in [4.69, 9.17) is 9.47 Å². The number of likely N-dealkylation sites (N-methyl/N-ethyl adjacent to an activating group) is 1. The molecule has 0 radical (unpaired) electrons. The Balaban J connectivity index is 1.69. The van der Waals surface area contributed by atoms with E-state index in [1.807, 2.05) is 0 Å². The second-order valence-corrected chi connectivity index (χ2v) is 7.74. The molecule has 2 aliphatic carbocycles. The number of hydrogen-bond donors (Lipinski definition) is 0. The van der Waals surface area contributed by atoms with E-state index >= 15 is 0 Å². The summed E-state index contributed by atoms with van der Waals surface area (Å²) in [4.78, 5) is 2.63. The van der Waals surface area contributed by atoms with Gasteiger partial charge in [-0.1, -0.05) is 12.8 Å². The molecule has 118 valence electrons. The van der Waals surface area contributed by atoms with Crippen LogP contribution < -0.4 is 4.74 Å². The zero-order valence-corrected chi connectivity index (χ0v) is 13.4. The maximum atomic E-state index is 5.79. The lowest BCUT2D eigenvalue weighted by atomic mass is 9.52. The summed E-state index contributed by atoms with van der Waals surface area (Å²) in [5.74, 6) is 1.94. The summed E-state index contributed by atoms with van der Waals surface area (Å²) >= 11 is 0. The molecule has 4 aliphatic rings. The van der Waals surface area contributed by atoms with Crippen molar-refractivity contribution >= 4 is 0 Å². The van der Waals surface area contributed by atoms with Crippen molar-refractivity contribution in [3.05, 3.63) is 28.8 Å². The van der Waals surface area contributed by atoms with Crippen LogP contribution >= 0.6 is 0 Å². The standard InChI is InChI=1S/C19H25NO2/c1-20-7-6-19-5-3-2-4-15(19)17(20)9-13-8-14-11-21-12-22-18(14)10-16(13)19/h8,10,15,17H,2-7,9,11-12H2,1H3/t15-,17+,19+/m0/s1. The van der Waals surface area contributed by atoms with Gasteiger partial charge in [0.25, 0.3) is 0 Å². The van der Waals surface area contributed by atoms with Crippen LogP contribution in [0.2, 0.25) is 0 Å². The lowest BCUT2D eigenvalue weighted by Gasteiger charge is -2.58. The molecular formula is C19H25NO2. The Morgan fingerprint density at radius 2 is 2.14 bits per heavy atom. The summed E-state index contributed by atoms with van der Waals surface area (Å²) in [6.45, 7) is 2.37. The Morgan fingerprint density at radius 3 is 3.09 bits per heavy atom. The van der Waals surface area contributed by atoms with E-state index in [9.17, 15) is 0 Å². The lowest BCUT2D eigenvalue weighted by Crippen LogP contribution is -2.59. The highest BCUT2D eigenvalue weighted by Gasteiger charge is 2.53. The maximum absolute atomic E-state index is 5.79. The third kappa shape index (κ3) is 1.70. The van der Waals surface area contributed by atoms with Gasteiger partial charge in [-0.3, -0.25) is 0 Å². The van der Waals surface area contributed by atoms with Gasteiger partial charge in [0.15, 0.2) is 6.79 Å². The number of fused-ring (bicyclic) bond motifs is 2. The number of piperidine rings is 1. The molecule has 5 rings (SSSR count). The molecule has 3 heteroatoms. The molecule has 22 heavy (non-hydrogen) atoms. The van der Waals surface area contributed by atoms with E-state index in [1.54, 1.807) is 11.1 Å². The summed E-state index contributed by atoms with van der Waals surface area (Å²) in [5.41, 5.74) is 4.88. The Labute approximate surface area is 132 Å². The van der Waals surface area contributed by atoms with Crippen molar-refractivity contribution in [3.8, 4) is 5.75 Å². The van der Waals surface area contributed by atoms with Crippen LogP contribution in [-0.2, 0) is 23.2 Å². The van der Waals surface area contributed by atoms with Crippen LogP contribution in [0.5, 0.6) is 5.75 Å². The molecule has 2 heterocycles. The highest BCUT2D eigenvalue weighted by Crippen LogP contribution is 2.56. The molecule has 3 atom stereocenters. The minimum absolute atomic E-state index is 0.410. The van der Waals surface area contributed by atoms with E-state index in [-0.39, 0.29) is 0 Å². The SMILES string of the molecule is CN1CC[C@]23CCCC[C@H]2[C@H]1Cc1cc2c(cc13)OCOC2. The fraction of sp³-hybridized carbons (Fsp3) is 0.684. The van der Waals surface area contributed by atoms with Crippen LogP contribution in [0.15, 0.2) is 12.1 Å². The number of hydrogen-bond acceptors (Lipinski definition) is 3. The van der Waals surface area contributed by atoms with Crippen LogP contribution in [0.25, 0.3) is 0 Å². The van der Waals surface area contributed by atoms with Gasteiger partial charge >= 0.3 is 0 Å². The van der Waals surface area contributed by atoms with Gasteiger partial charge in [-0.2, -0.15) is 0 Å². The number of nitrogens with zero attached hydrogens (tertiary/aromatic N) is 1. The molecule has 0 aromatic heterocycles. The van der Waals surface area contributed by atoms with Gasteiger partial charge in [0.2, 0.25) is 0 Å². The Morgan fingerprint density at radius 1 is 1.18 bits per heavy atom. The summed E-state index contributed by atoms with van der Waals surface area (Å²) in [5, 5.41) is 0. The summed E-state index contributed by atoms with van der Waals surface area (Å²) in [6, 6.07) is 5.53. The largest absolute Gasteiger partial charge is 0.467 e. The molecule has 2 aliphatic heterocycles. The zero-order chi connectivity index (χ0) is 14.7. The molecule has 1 aromatic rings. The molecule has 0 N–H and O–H groups in total. The fourth-order valence-electron chi connectivity index (χ4n) is 5.79. The zero-order valence-electron chi connectivity index (χ0n) is 13.4. The van der Waals surface area contributed by atoms with Crippen molar-refractivity contribution < 1.29 is 9.47 Å². The lowest BCUT2D eigenvalue weighted by molar-refractivity contribution is -0.0187. The van der Waals surface area contributed by atoms with Gasteiger partial charge in [-0.15, -0.1) is 0 Å². The van der Waals surface area contributed by atoms with Crippen molar-refractivity contribution in [2.45, 2.75) is 56.6 Å². The monoisotopic (exact) mass is 299 g/mol. The van der Waals surface area contributed by atoms with Gasteiger partial charge < -0.3 is 14.4 Å². The van der Waals surface area contributed by atoms with E-state index in [2.05, 4.69) is 24.1 Å². The molecule has 3 nitrogen and oxygen atoms in total. The fourth-order valence-corrected chi connectivity index (χ4v) is 5.79. The van der Waals surface area contributed by atoms with E-state index < -0.39 is 0 Å².